The van der Waals surface area contributed by atoms with Gasteiger partial charge in [0.1, 0.15) is 0 Å². The number of hydrogen-bond acceptors (Lipinski definition) is 4. The van der Waals surface area contributed by atoms with Gasteiger partial charge in [-0.3, -0.25) is 19.4 Å². The van der Waals surface area contributed by atoms with Gasteiger partial charge < -0.3 is 10.2 Å². The molecule has 1 N–H and O–H groups in total. The quantitative estimate of drug-likeness (QED) is 0.786. The van der Waals surface area contributed by atoms with E-state index in [0.29, 0.717) is 24.2 Å². The molecule has 2 aliphatic rings. The second kappa shape index (κ2) is 8.45. The van der Waals surface area contributed by atoms with E-state index in [4.69, 9.17) is 0 Å². The summed E-state index contributed by atoms with van der Waals surface area (Å²) in [6, 6.07) is 17.1. The molecule has 0 spiro atoms. The first-order valence-electron chi connectivity index (χ1n) is 9.83. The molecule has 2 saturated heterocycles. The zero-order valence-corrected chi connectivity index (χ0v) is 16.2. The Hall–Kier alpha value is -3.19. The van der Waals surface area contributed by atoms with E-state index < -0.39 is 6.03 Å². The Labute approximate surface area is 169 Å². The zero-order chi connectivity index (χ0) is 20.2. The van der Waals surface area contributed by atoms with E-state index in [-0.39, 0.29) is 24.9 Å². The van der Waals surface area contributed by atoms with Crippen molar-refractivity contribution < 1.29 is 14.4 Å². The molecule has 2 aromatic carbocycles. The van der Waals surface area contributed by atoms with E-state index in [9.17, 15) is 14.4 Å². The van der Waals surface area contributed by atoms with Gasteiger partial charge in [0.25, 0.3) is 5.91 Å². The van der Waals surface area contributed by atoms with Crippen molar-refractivity contribution in [2.45, 2.75) is 13.1 Å². The molecule has 2 fully saturated rings. The van der Waals surface area contributed by atoms with Gasteiger partial charge in [-0.2, -0.15) is 0 Å². The first-order valence-corrected chi connectivity index (χ1v) is 9.83. The number of piperazine rings is 1. The van der Waals surface area contributed by atoms with Crippen LogP contribution < -0.4 is 5.32 Å². The number of nitrogens with one attached hydrogen (secondary N) is 1. The Morgan fingerprint density at radius 3 is 2.24 bits per heavy atom. The molecule has 0 atom stereocenters. The van der Waals surface area contributed by atoms with Gasteiger partial charge in [-0.05, 0) is 17.2 Å². The van der Waals surface area contributed by atoms with E-state index in [2.05, 4.69) is 22.3 Å². The lowest BCUT2D eigenvalue weighted by molar-refractivity contribution is -0.125. The number of hydrogen-bond donors (Lipinski definition) is 1. The number of benzene rings is 2. The van der Waals surface area contributed by atoms with Crippen molar-refractivity contribution in [2.24, 2.45) is 0 Å². The van der Waals surface area contributed by atoms with Crippen LogP contribution in [0, 0.1) is 0 Å². The fourth-order valence-electron chi connectivity index (χ4n) is 3.77. The van der Waals surface area contributed by atoms with Crippen LogP contribution in [-0.4, -0.2) is 65.3 Å². The Morgan fingerprint density at radius 1 is 0.862 bits per heavy atom. The Balaban J connectivity index is 1.40. The number of rotatable bonds is 5. The van der Waals surface area contributed by atoms with Crippen LogP contribution in [0.15, 0.2) is 54.6 Å². The van der Waals surface area contributed by atoms with Crippen molar-refractivity contribution in [2.75, 3.05) is 32.7 Å². The summed E-state index contributed by atoms with van der Waals surface area (Å²) in [6.07, 6.45) is 0. The minimum atomic E-state index is -0.410. The highest BCUT2D eigenvalue weighted by molar-refractivity contribution is 6.02. The molecule has 7 nitrogen and oxygen atoms in total. The summed E-state index contributed by atoms with van der Waals surface area (Å²) < 4.78 is 0. The van der Waals surface area contributed by atoms with Crippen LogP contribution in [0.3, 0.4) is 0 Å². The van der Waals surface area contributed by atoms with E-state index >= 15 is 0 Å². The van der Waals surface area contributed by atoms with Gasteiger partial charge in [0, 0.05) is 38.3 Å². The fourth-order valence-corrected chi connectivity index (χ4v) is 3.77. The standard InChI is InChI=1S/C22H24N4O3/c27-20-14-23-22(29)26(20)16-18-8-4-5-9-19(18)21(28)25-12-10-24(11-13-25)15-17-6-2-1-3-7-17/h1-9H,10-16H2,(H,23,29). The molecule has 150 valence electrons. The molecule has 4 rings (SSSR count). The van der Waals surface area contributed by atoms with Crippen molar-refractivity contribution in [3.05, 3.63) is 71.3 Å². The summed E-state index contributed by atoms with van der Waals surface area (Å²) in [5.41, 5.74) is 2.51. The molecule has 0 aliphatic carbocycles. The number of urea groups is 1. The normalized spacial score (nSPS) is 17.5. The van der Waals surface area contributed by atoms with Crippen LogP contribution >= 0.6 is 0 Å². The maximum atomic E-state index is 13.1. The lowest BCUT2D eigenvalue weighted by Gasteiger charge is -2.35. The maximum absolute atomic E-state index is 13.1. The third-order valence-electron chi connectivity index (χ3n) is 5.42. The highest BCUT2D eigenvalue weighted by atomic mass is 16.2. The summed E-state index contributed by atoms with van der Waals surface area (Å²) in [5.74, 6) is -0.321. The molecule has 7 heteroatoms. The first kappa shape index (κ1) is 19.1. The molecule has 2 heterocycles. The molecule has 0 unspecified atom stereocenters. The van der Waals surface area contributed by atoms with Crippen molar-refractivity contribution in [1.29, 1.82) is 0 Å². The van der Waals surface area contributed by atoms with Gasteiger partial charge in [0.2, 0.25) is 5.91 Å². The maximum Gasteiger partial charge on any atom is 0.324 e. The smallest absolute Gasteiger partial charge is 0.324 e. The predicted octanol–water partition coefficient (Wildman–Crippen LogP) is 1.70. The van der Waals surface area contributed by atoms with Gasteiger partial charge >= 0.3 is 6.03 Å². The second-order valence-electron chi connectivity index (χ2n) is 7.35. The number of imide groups is 1. The number of carbonyl (C=O) groups excluding carboxylic acids is 3. The Morgan fingerprint density at radius 2 is 1.55 bits per heavy atom. The van der Waals surface area contributed by atoms with Crippen molar-refractivity contribution in [3.8, 4) is 0 Å². The molecular formula is C22H24N4O3. The number of amides is 4. The molecule has 2 aromatic rings. The Bertz CT molecular complexity index is 891. The summed E-state index contributed by atoms with van der Waals surface area (Å²) in [5, 5.41) is 2.51. The predicted molar refractivity (Wildman–Crippen MR) is 108 cm³/mol. The van der Waals surface area contributed by atoms with Gasteiger partial charge in [-0.25, -0.2) is 4.79 Å². The molecule has 4 amide bonds. The first-order chi connectivity index (χ1) is 14.1. The van der Waals surface area contributed by atoms with Crippen molar-refractivity contribution in [3.63, 3.8) is 0 Å². The third-order valence-corrected chi connectivity index (χ3v) is 5.42. The molecule has 29 heavy (non-hydrogen) atoms. The van der Waals surface area contributed by atoms with E-state index in [0.717, 1.165) is 24.5 Å². The second-order valence-corrected chi connectivity index (χ2v) is 7.35. The average Bonchev–Trinajstić information content (AvgIpc) is 3.07. The monoisotopic (exact) mass is 392 g/mol. The van der Waals surface area contributed by atoms with Gasteiger partial charge in [0.05, 0.1) is 13.1 Å². The highest BCUT2D eigenvalue weighted by Crippen LogP contribution is 2.18. The van der Waals surface area contributed by atoms with E-state index in [1.807, 2.05) is 35.2 Å². The van der Waals surface area contributed by atoms with Gasteiger partial charge in [-0.1, -0.05) is 48.5 Å². The molecule has 0 aromatic heterocycles. The van der Waals surface area contributed by atoms with Gasteiger partial charge in [-0.15, -0.1) is 0 Å². The largest absolute Gasteiger partial charge is 0.336 e. The van der Waals surface area contributed by atoms with E-state index in [1.54, 1.807) is 12.1 Å². The molecule has 0 radical (unpaired) electrons. The zero-order valence-electron chi connectivity index (χ0n) is 16.2. The van der Waals surface area contributed by atoms with Crippen LogP contribution in [-0.2, 0) is 17.9 Å². The third kappa shape index (κ3) is 4.30. The van der Waals surface area contributed by atoms with Crippen molar-refractivity contribution >= 4 is 17.8 Å². The number of carbonyl (C=O) groups is 3. The van der Waals surface area contributed by atoms with Crippen LogP contribution in [0.1, 0.15) is 21.5 Å². The topological polar surface area (TPSA) is 73.0 Å². The van der Waals surface area contributed by atoms with Gasteiger partial charge in [0.15, 0.2) is 0 Å². The molecule has 0 bridgehead atoms. The molecular weight excluding hydrogens is 368 g/mol. The van der Waals surface area contributed by atoms with Crippen LogP contribution in [0.25, 0.3) is 0 Å². The number of nitrogens with zero attached hydrogens (tertiary/aromatic N) is 3. The molecule has 0 saturated carbocycles. The SMILES string of the molecule is O=C(c1ccccc1CN1C(=O)CNC1=O)N1CCN(Cc2ccccc2)CC1. The summed E-state index contributed by atoms with van der Waals surface area (Å²) >= 11 is 0. The van der Waals surface area contributed by atoms with Crippen LogP contribution in [0.4, 0.5) is 4.79 Å². The van der Waals surface area contributed by atoms with E-state index in [1.165, 1.54) is 5.56 Å². The van der Waals surface area contributed by atoms with Crippen LogP contribution in [0.5, 0.6) is 0 Å². The lowest BCUT2D eigenvalue weighted by atomic mass is 10.0. The Kier molecular flexibility index (Phi) is 5.57. The van der Waals surface area contributed by atoms with Crippen molar-refractivity contribution in [1.82, 2.24) is 20.0 Å². The lowest BCUT2D eigenvalue weighted by Crippen LogP contribution is -2.48. The summed E-state index contributed by atoms with van der Waals surface area (Å²) in [7, 11) is 0. The minimum Gasteiger partial charge on any atom is -0.336 e. The average molecular weight is 392 g/mol. The summed E-state index contributed by atoms with van der Waals surface area (Å²) in [4.78, 5) is 42.2. The fraction of sp³-hybridized carbons (Fsp3) is 0.318. The highest BCUT2D eigenvalue weighted by Gasteiger charge is 2.30. The molecule has 2 aliphatic heterocycles. The minimum absolute atomic E-state index is 0.0122. The van der Waals surface area contributed by atoms with Crippen LogP contribution in [0.2, 0.25) is 0 Å². The summed E-state index contributed by atoms with van der Waals surface area (Å²) in [6.45, 7) is 3.95.